The molecule has 0 saturated carbocycles. The number of hydrogen-bond donors (Lipinski definition) is 1. The average Bonchev–Trinajstić information content (AvgIpc) is 2.42. The maximum atomic E-state index is 13.8. The molecular formula is C15H16FNO. The van der Waals surface area contributed by atoms with E-state index >= 15 is 0 Å². The molecule has 0 radical (unpaired) electrons. The van der Waals surface area contributed by atoms with Gasteiger partial charge in [-0.1, -0.05) is 30.3 Å². The van der Waals surface area contributed by atoms with Crippen LogP contribution in [0.2, 0.25) is 0 Å². The molecule has 0 aromatic heterocycles. The van der Waals surface area contributed by atoms with Gasteiger partial charge in [0.25, 0.3) is 0 Å². The van der Waals surface area contributed by atoms with Crippen molar-refractivity contribution in [3.8, 4) is 0 Å². The van der Waals surface area contributed by atoms with Crippen molar-refractivity contribution in [2.75, 3.05) is 11.4 Å². The zero-order valence-corrected chi connectivity index (χ0v) is 10.3. The lowest BCUT2D eigenvalue weighted by Crippen LogP contribution is -2.18. The normalized spacial score (nSPS) is 10.4. The smallest absolute Gasteiger partial charge is 0.146 e. The molecule has 2 rings (SSSR count). The summed E-state index contributed by atoms with van der Waals surface area (Å²) in [6.45, 7) is 2.54. The Balaban J connectivity index is 2.49. The lowest BCUT2D eigenvalue weighted by molar-refractivity contribution is 0.282. The number of halogens is 1. The molecule has 0 aliphatic heterocycles. The number of hydrogen-bond acceptors (Lipinski definition) is 2. The molecule has 0 heterocycles. The lowest BCUT2D eigenvalue weighted by atomic mass is 10.1. The second-order valence-electron chi connectivity index (χ2n) is 3.98. The Morgan fingerprint density at radius 2 is 1.61 bits per heavy atom. The summed E-state index contributed by atoms with van der Waals surface area (Å²) in [6, 6.07) is 14.2. The molecule has 2 aromatic carbocycles. The van der Waals surface area contributed by atoms with E-state index in [-0.39, 0.29) is 12.4 Å². The van der Waals surface area contributed by atoms with E-state index in [1.165, 1.54) is 6.07 Å². The first-order valence-corrected chi connectivity index (χ1v) is 5.98. The van der Waals surface area contributed by atoms with E-state index < -0.39 is 0 Å². The Morgan fingerprint density at radius 3 is 2.22 bits per heavy atom. The Kier molecular flexibility index (Phi) is 3.95. The summed E-state index contributed by atoms with van der Waals surface area (Å²) in [5.74, 6) is -0.257. The highest BCUT2D eigenvalue weighted by molar-refractivity contribution is 5.66. The molecule has 0 spiro atoms. The topological polar surface area (TPSA) is 23.5 Å². The van der Waals surface area contributed by atoms with Gasteiger partial charge in [0.1, 0.15) is 5.82 Å². The average molecular weight is 245 g/mol. The molecule has 0 bridgehead atoms. The zero-order chi connectivity index (χ0) is 13.0. The molecule has 0 fully saturated rings. The molecule has 0 aliphatic carbocycles. The van der Waals surface area contributed by atoms with Crippen LogP contribution in [0, 0.1) is 5.82 Å². The lowest BCUT2D eigenvalue weighted by Gasteiger charge is -2.25. The Labute approximate surface area is 106 Å². The quantitative estimate of drug-likeness (QED) is 0.891. The summed E-state index contributed by atoms with van der Waals surface area (Å²) in [6.07, 6.45) is 0. The highest BCUT2D eigenvalue weighted by Gasteiger charge is 2.13. The number of para-hydroxylation sites is 2. The van der Waals surface area contributed by atoms with Crippen molar-refractivity contribution in [2.24, 2.45) is 0 Å². The molecule has 0 atom stereocenters. The number of rotatable bonds is 4. The SMILES string of the molecule is CCN(c1ccccc1F)c1ccccc1CO. The molecule has 2 aromatic rings. The van der Waals surface area contributed by atoms with Crippen LogP contribution in [0.5, 0.6) is 0 Å². The van der Waals surface area contributed by atoms with Crippen LogP contribution >= 0.6 is 0 Å². The number of aliphatic hydroxyl groups is 1. The van der Waals surface area contributed by atoms with Crippen LogP contribution in [0.4, 0.5) is 15.8 Å². The third kappa shape index (κ3) is 2.36. The minimum atomic E-state index is -0.257. The first-order chi connectivity index (χ1) is 8.77. The minimum absolute atomic E-state index is 0.0544. The highest BCUT2D eigenvalue weighted by atomic mass is 19.1. The molecule has 0 saturated heterocycles. The number of benzene rings is 2. The summed E-state index contributed by atoms with van der Waals surface area (Å²) in [7, 11) is 0. The van der Waals surface area contributed by atoms with Gasteiger partial charge >= 0.3 is 0 Å². The summed E-state index contributed by atoms with van der Waals surface area (Å²) < 4.78 is 13.8. The van der Waals surface area contributed by atoms with Crippen molar-refractivity contribution in [1.29, 1.82) is 0 Å². The van der Waals surface area contributed by atoms with Crippen LogP contribution in [-0.2, 0) is 6.61 Å². The van der Waals surface area contributed by atoms with Crippen LogP contribution in [0.25, 0.3) is 0 Å². The van der Waals surface area contributed by atoms with Gasteiger partial charge in [0.15, 0.2) is 0 Å². The minimum Gasteiger partial charge on any atom is -0.392 e. The molecule has 0 unspecified atom stereocenters. The fourth-order valence-electron chi connectivity index (χ4n) is 2.05. The van der Waals surface area contributed by atoms with Gasteiger partial charge in [0.05, 0.1) is 12.3 Å². The maximum Gasteiger partial charge on any atom is 0.146 e. The van der Waals surface area contributed by atoms with Gasteiger partial charge in [-0.05, 0) is 25.1 Å². The van der Waals surface area contributed by atoms with E-state index in [1.54, 1.807) is 12.1 Å². The second-order valence-corrected chi connectivity index (χ2v) is 3.98. The van der Waals surface area contributed by atoms with Gasteiger partial charge in [0.2, 0.25) is 0 Å². The van der Waals surface area contributed by atoms with Gasteiger partial charge in [-0.3, -0.25) is 0 Å². The van der Waals surface area contributed by atoms with Crippen LogP contribution in [0.3, 0.4) is 0 Å². The highest BCUT2D eigenvalue weighted by Crippen LogP contribution is 2.30. The van der Waals surface area contributed by atoms with Gasteiger partial charge in [-0.15, -0.1) is 0 Å². The van der Waals surface area contributed by atoms with E-state index in [2.05, 4.69) is 0 Å². The third-order valence-electron chi connectivity index (χ3n) is 2.91. The van der Waals surface area contributed by atoms with E-state index in [0.717, 1.165) is 11.3 Å². The van der Waals surface area contributed by atoms with Crippen molar-refractivity contribution >= 4 is 11.4 Å². The van der Waals surface area contributed by atoms with Crippen molar-refractivity contribution in [3.63, 3.8) is 0 Å². The first kappa shape index (κ1) is 12.6. The van der Waals surface area contributed by atoms with Crippen molar-refractivity contribution in [2.45, 2.75) is 13.5 Å². The molecule has 94 valence electrons. The van der Waals surface area contributed by atoms with Crippen molar-refractivity contribution < 1.29 is 9.50 Å². The summed E-state index contributed by atoms with van der Waals surface area (Å²) in [4.78, 5) is 1.86. The summed E-state index contributed by atoms with van der Waals surface area (Å²) >= 11 is 0. The Hall–Kier alpha value is -1.87. The van der Waals surface area contributed by atoms with E-state index in [0.29, 0.717) is 12.2 Å². The van der Waals surface area contributed by atoms with Gasteiger partial charge in [0, 0.05) is 17.8 Å². The predicted molar refractivity (Wildman–Crippen MR) is 71.4 cm³/mol. The monoisotopic (exact) mass is 245 g/mol. The Bertz CT molecular complexity index is 527. The van der Waals surface area contributed by atoms with Crippen molar-refractivity contribution in [3.05, 3.63) is 59.9 Å². The fraction of sp³-hybridized carbons (Fsp3) is 0.200. The number of aliphatic hydroxyl groups excluding tert-OH is 1. The molecule has 1 N–H and O–H groups in total. The van der Waals surface area contributed by atoms with Gasteiger partial charge in [-0.25, -0.2) is 4.39 Å². The number of anilines is 2. The van der Waals surface area contributed by atoms with Crippen LogP contribution in [-0.4, -0.2) is 11.7 Å². The predicted octanol–water partition coefficient (Wildman–Crippen LogP) is 3.48. The van der Waals surface area contributed by atoms with E-state index in [4.69, 9.17) is 0 Å². The molecule has 2 nitrogen and oxygen atoms in total. The second kappa shape index (κ2) is 5.65. The largest absolute Gasteiger partial charge is 0.392 e. The maximum absolute atomic E-state index is 13.8. The van der Waals surface area contributed by atoms with Crippen LogP contribution < -0.4 is 4.90 Å². The third-order valence-corrected chi connectivity index (χ3v) is 2.91. The standard InChI is InChI=1S/C15H16FNO/c1-2-17(15-10-6-4-8-13(15)16)14-9-5-3-7-12(14)11-18/h3-10,18H,2,11H2,1H3. The fourth-order valence-corrected chi connectivity index (χ4v) is 2.05. The van der Waals surface area contributed by atoms with Gasteiger partial charge in [-0.2, -0.15) is 0 Å². The molecule has 3 heteroatoms. The van der Waals surface area contributed by atoms with Crippen molar-refractivity contribution in [1.82, 2.24) is 0 Å². The Morgan fingerprint density at radius 1 is 1.00 bits per heavy atom. The zero-order valence-electron chi connectivity index (χ0n) is 10.3. The molecule has 0 amide bonds. The van der Waals surface area contributed by atoms with Crippen LogP contribution in [0.1, 0.15) is 12.5 Å². The van der Waals surface area contributed by atoms with E-state index in [1.807, 2.05) is 42.2 Å². The van der Waals surface area contributed by atoms with Crippen LogP contribution in [0.15, 0.2) is 48.5 Å². The molecule has 18 heavy (non-hydrogen) atoms. The van der Waals surface area contributed by atoms with E-state index in [9.17, 15) is 9.50 Å². The molecule has 0 aliphatic rings. The van der Waals surface area contributed by atoms with Gasteiger partial charge < -0.3 is 10.0 Å². The summed E-state index contributed by atoms with van der Waals surface area (Å²) in [5.41, 5.74) is 2.16. The first-order valence-electron chi connectivity index (χ1n) is 5.98. The summed E-state index contributed by atoms with van der Waals surface area (Å²) in [5, 5.41) is 9.36. The number of nitrogens with zero attached hydrogens (tertiary/aromatic N) is 1. The molecular weight excluding hydrogens is 229 g/mol.